The van der Waals surface area contributed by atoms with Crippen molar-refractivity contribution in [1.82, 2.24) is 0 Å². The Kier molecular flexibility index (Phi) is 7.41. The number of amides is 2. The summed E-state index contributed by atoms with van der Waals surface area (Å²) in [5.41, 5.74) is 3.69. The summed E-state index contributed by atoms with van der Waals surface area (Å²) in [6.07, 6.45) is 0.800. The van der Waals surface area contributed by atoms with Crippen molar-refractivity contribution >= 4 is 28.9 Å². The van der Waals surface area contributed by atoms with Crippen LogP contribution in [0.4, 0.5) is 17.1 Å². The summed E-state index contributed by atoms with van der Waals surface area (Å²) in [4.78, 5) is 28.4. The van der Waals surface area contributed by atoms with Gasteiger partial charge in [-0.05, 0) is 56.2 Å². The number of aryl methyl sites for hydroxylation is 1. The van der Waals surface area contributed by atoms with E-state index in [0.717, 1.165) is 42.1 Å². The van der Waals surface area contributed by atoms with E-state index in [4.69, 9.17) is 0 Å². The van der Waals surface area contributed by atoms with E-state index in [-0.39, 0.29) is 18.4 Å². The molecule has 144 valence electrons. The summed E-state index contributed by atoms with van der Waals surface area (Å²) >= 11 is 0. The fourth-order valence-electron chi connectivity index (χ4n) is 3.13. The molecular weight excluding hydrogens is 338 g/mol. The van der Waals surface area contributed by atoms with E-state index < -0.39 is 0 Å². The Balaban J connectivity index is 2.09. The van der Waals surface area contributed by atoms with Crippen LogP contribution >= 0.6 is 0 Å². The Morgan fingerprint density at radius 1 is 0.926 bits per heavy atom. The normalized spacial score (nSPS) is 10.4. The lowest BCUT2D eigenvalue weighted by molar-refractivity contribution is -0.120. The van der Waals surface area contributed by atoms with Crippen molar-refractivity contribution in [1.29, 1.82) is 0 Å². The molecule has 0 bridgehead atoms. The van der Waals surface area contributed by atoms with Crippen molar-refractivity contribution in [2.75, 3.05) is 34.8 Å². The summed E-state index contributed by atoms with van der Waals surface area (Å²) in [7, 11) is 0. The molecule has 5 heteroatoms. The first-order chi connectivity index (χ1) is 13.0. The van der Waals surface area contributed by atoms with Gasteiger partial charge in [-0.15, -0.1) is 0 Å². The van der Waals surface area contributed by atoms with Crippen LogP contribution in [0, 0.1) is 0 Å². The maximum atomic E-state index is 12.5. The molecule has 0 aromatic heterocycles. The first-order valence-corrected chi connectivity index (χ1v) is 9.50. The van der Waals surface area contributed by atoms with Gasteiger partial charge in [0.1, 0.15) is 6.54 Å². The van der Waals surface area contributed by atoms with Crippen LogP contribution in [0.3, 0.4) is 0 Å². The van der Waals surface area contributed by atoms with E-state index in [0.29, 0.717) is 0 Å². The molecule has 0 saturated heterocycles. The third kappa shape index (κ3) is 5.33. The summed E-state index contributed by atoms with van der Waals surface area (Å²) in [5.74, 6) is -0.366. The molecule has 0 saturated carbocycles. The lowest BCUT2D eigenvalue weighted by Gasteiger charge is -2.23. The van der Waals surface area contributed by atoms with Gasteiger partial charge in [-0.25, -0.2) is 0 Å². The number of anilines is 3. The third-order valence-electron chi connectivity index (χ3n) is 4.62. The molecule has 0 unspecified atom stereocenters. The SMILES string of the molecule is CCc1ccccc1N(CC(=O)Nc1ccc(N(CC)CC)cc1)C(C)=O. The minimum absolute atomic E-state index is 0.00978. The van der Waals surface area contributed by atoms with E-state index >= 15 is 0 Å². The average Bonchev–Trinajstić information content (AvgIpc) is 2.68. The fourth-order valence-corrected chi connectivity index (χ4v) is 3.13. The molecule has 0 aliphatic rings. The molecule has 1 N–H and O–H groups in total. The van der Waals surface area contributed by atoms with Crippen LogP contribution in [-0.4, -0.2) is 31.4 Å². The van der Waals surface area contributed by atoms with Crippen molar-refractivity contribution in [3.63, 3.8) is 0 Å². The molecule has 0 aliphatic heterocycles. The predicted molar refractivity (Wildman–Crippen MR) is 112 cm³/mol. The number of nitrogens with one attached hydrogen (secondary N) is 1. The van der Waals surface area contributed by atoms with Crippen molar-refractivity contribution < 1.29 is 9.59 Å². The lowest BCUT2D eigenvalue weighted by atomic mass is 10.1. The van der Waals surface area contributed by atoms with E-state index in [2.05, 4.69) is 24.1 Å². The second-order valence-electron chi connectivity index (χ2n) is 6.35. The minimum Gasteiger partial charge on any atom is -0.372 e. The number of carbonyl (C=O) groups is 2. The molecule has 0 spiro atoms. The predicted octanol–water partition coefficient (Wildman–Crippen LogP) is 4.09. The number of hydrogen-bond acceptors (Lipinski definition) is 3. The molecule has 0 heterocycles. The van der Waals surface area contributed by atoms with Crippen molar-refractivity contribution in [2.24, 2.45) is 0 Å². The molecule has 2 amide bonds. The third-order valence-corrected chi connectivity index (χ3v) is 4.62. The van der Waals surface area contributed by atoms with E-state index in [1.54, 1.807) is 0 Å². The zero-order valence-corrected chi connectivity index (χ0v) is 16.7. The topological polar surface area (TPSA) is 52.7 Å². The van der Waals surface area contributed by atoms with Gasteiger partial charge in [-0.3, -0.25) is 9.59 Å². The molecule has 2 aromatic carbocycles. The van der Waals surface area contributed by atoms with Gasteiger partial charge < -0.3 is 15.1 Å². The van der Waals surface area contributed by atoms with Crippen LogP contribution in [0.5, 0.6) is 0 Å². The van der Waals surface area contributed by atoms with Crippen molar-refractivity contribution in [3.8, 4) is 0 Å². The molecule has 0 radical (unpaired) electrons. The molecule has 0 aliphatic carbocycles. The van der Waals surface area contributed by atoms with Crippen LogP contribution in [0.25, 0.3) is 0 Å². The summed E-state index contributed by atoms with van der Waals surface area (Å²) in [6.45, 7) is 9.62. The quantitative estimate of drug-likeness (QED) is 0.765. The number of nitrogens with zero attached hydrogens (tertiary/aromatic N) is 2. The number of rotatable bonds is 8. The Labute approximate surface area is 162 Å². The van der Waals surface area contributed by atoms with Crippen molar-refractivity contribution in [3.05, 3.63) is 54.1 Å². The van der Waals surface area contributed by atoms with E-state index in [1.807, 2.05) is 55.5 Å². The molecule has 2 aromatic rings. The van der Waals surface area contributed by atoms with Crippen LogP contribution in [0.15, 0.2) is 48.5 Å². The van der Waals surface area contributed by atoms with Gasteiger partial charge in [-0.1, -0.05) is 25.1 Å². The molecular formula is C22H29N3O2. The Morgan fingerprint density at radius 2 is 1.56 bits per heavy atom. The van der Waals surface area contributed by atoms with E-state index in [1.165, 1.54) is 11.8 Å². The second-order valence-corrected chi connectivity index (χ2v) is 6.35. The highest BCUT2D eigenvalue weighted by Crippen LogP contribution is 2.22. The number of carbonyl (C=O) groups excluding carboxylic acids is 2. The average molecular weight is 367 g/mol. The first kappa shape index (κ1) is 20.5. The standard InChI is InChI=1S/C22H29N3O2/c1-5-18-10-8-9-11-21(18)25(17(4)26)16-22(27)23-19-12-14-20(15-13-19)24(6-2)7-3/h8-15H,5-7,16H2,1-4H3,(H,23,27). The molecule has 0 atom stereocenters. The van der Waals surface area contributed by atoms with Crippen LogP contribution < -0.4 is 15.1 Å². The van der Waals surface area contributed by atoms with Gasteiger partial charge in [0.15, 0.2) is 0 Å². The fraction of sp³-hybridized carbons (Fsp3) is 0.364. The molecule has 27 heavy (non-hydrogen) atoms. The zero-order chi connectivity index (χ0) is 19.8. The highest BCUT2D eigenvalue weighted by atomic mass is 16.2. The smallest absolute Gasteiger partial charge is 0.244 e. The number of para-hydroxylation sites is 1. The first-order valence-electron chi connectivity index (χ1n) is 9.50. The minimum atomic E-state index is -0.216. The highest BCUT2D eigenvalue weighted by molar-refractivity contribution is 6.02. The number of hydrogen-bond donors (Lipinski definition) is 1. The Bertz CT molecular complexity index is 767. The molecule has 2 rings (SSSR count). The molecule has 5 nitrogen and oxygen atoms in total. The summed E-state index contributed by atoms with van der Waals surface area (Å²) in [5, 5.41) is 2.89. The van der Waals surface area contributed by atoms with Gasteiger partial charge in [0.2, 0.25) is 11.8 Å². The number of benzene rings is 2. The molecule has 0 fully saturated rings. The summed E-state index contributed by atoms with van der Waals surface area (Å²) < 4.78 is 0. The second kappa shape index (κ2) is 9.76. The maximum absolute atomic E-state index is 12.5. The van der Waals surface area contributed by atoms with Gasteiger partial charge in [0.05, 0.1) is 0 Å². The monoisotopic (exact) mass is 367 g/mol. The zero-order valence-electron chi connectivity index (χ0n) is 16.7. The lowest BCUT2D eigenvalue weighted by Crippen LogP contribution is -2.37. The van der Waals surface area contributed by atoms with Gasteiger partial charge >= 0.3 is 0 Å². The van der Waals surface area contributed by atoms with Crippen LogP contribution in [0.1, 0.15) is 33.3 Å². The maximum Gasteiger partial charge on any atom is 0.244 e. The van der Waals surface area contributed by atoms with Crippen LogP contribution in [0.2, 0.25) is 0 Å². The summed E-state index contributed by atoms with van der Waals surface area (Å²) in [6, 6.07) is 15.5. The van der Waals surface area contributed by atoms with Crippen LogP contribution in [-0.2, 0) is 16.0 Å². The van der Waals surface area contributed by atoms with E-state index in [9.17, 15) is 9.59 Å². The highest BCUT2D eigenvalue weighted by Gasteiger charge is 2.18. The largest absolute Gasteiger partial charge is 0.372 e. The van der Waals surface area contributed by atoms with Gasteiger partial charge in [-0.2, -0.15) is 0 Å². The van der Waals surface area contributed by atoms with Gasteiger partial charge in [0.25, 0.3) is 0 Å². The Morgan fingerprint density at radius 3 is 2.11 bits per heavy atom. The van der Waals surface area contributed by atoms with Gasteiger partial charge in [0, 0.05) is 37.1 Å². The van der Waals surface area contributed by atoms with Crippen molar-refractivity contribution in [2.45, 2.75) is 34.1 Å². The Hall–Kier alpha value is -2.82.